The number of benzene rings is 2. The molecule has 0 saturated carbocycles. The standard InChI is InChI=1S/C34H46N6O6.C29H38N6O4.C2H6O/c1-21(2)18-24(37-31(44)34(6,7)38-32(45)46-33(3,4)5)29(42)36-25-19-22-12-10-14-26(39-17-11-15-27(39)41)28(22)40(30(25)43)20-23-13-8-9-16-35-23;1-18(2)15-21(33-28(39)29(3,4)30)26(37)32-22-16-19-9-7-11-23(34-14-8-12-24(34)36)25(19)35(27(22)38)17-20-10-5-6-13-31-20;1-2-3/h8-10,12-14,16,21,24-25H,11,15,17-20H2,1-7H3,(H,36,42)(H,37,44)(H,38,45);5-7,9-11,13,18,21-22H,8,12,14-17,30H2,1-4H3,(H,32,37)(H,33,39);3H,2H2,1H3/t24-,25?;21-,22?;/m11./s1. The van der Waals surface area contributed by atoms with E-state index in [1.165, 1.54) is 13.8 Å². The third-order valence-electron chi connectivity index (χ3n) is 14.8. The lowest BCUT2D eigenvalue weighted by Gasteiger charge is -2.37. The van der Waals surface area contributed by atoms with E-state index in [2.05, 4.69) is 36.6 Å². The highest BCUT2D eigenvalue weighted by atomic mass is 16.6. The van der Waals surface area contributed by atoms with E-state index < -0.39 is 70.6 Å². The van der Waals surface area contributed by atoms with Crippen molar-refractivity contribution in [2.24, 2.45) is 17.6 Å². The molecule has 9 amide bonds. The summed E-state index contributed by atoms with van der Waals surface area (Å²) in [7, 11) is 0. The molecule has 4 aliphatic rings. The summed E-state index contributed by atoms with van der Waals surface area (Å²) < 4.78 is 5.30. The van der Waals surface area contributed by atoms with Gasteiger partial charge in [0.2, 0.25) is 47.3 Å². The Morgan fingerprint density at radius 3 is 1.38 bits per heavy atom. The van der Waals surface area contributed by atoms with E-state index in [4.69, 9.17) is 15.6 Å². The molecule has 2 aromatic heterocycles. The Labute approximate surface area is 516 Å². The third kappa shape index (κ3) is 18.4. The number of pyridine rings is 2. The fourth-order valence-corrected chi connectivity index (χ4v) is 10.7. The maximum Gasteiger partial charge on any atom is 0.408 e. The number of rotatable bonds is 19. The minimum Gasteiger partial charge on any atom is -0.444 e. The van der Waals surface area contributed by atoms with Gasteiger partial charge in [-0.15, -0.1) is 0 Å². The number of aliphatic hydroxyl groups excluding tert-OH is 1. The number of alkyl carbamates (subject to hydrolysis) is 1. The van der Waals surface area contributed by atoms with Gasteiger partial charge in [-0.1, -0.05) is 64.1 Å². The molecule has 8 N–H and O–H groups in total. The molecule has 23 heteroatoms. The van der Waals surface area contributed by atoms with E-state index in [1.807, 2.05) is 88.4 Å². The molecule has 476 valence electrons. The Bertz CT molecular complexity index is 3140. The number of carbonyl (C=O) groups is 9. The second kappa shape index (κ2) is 30.1. The van der Waals surface area contributed by atoms with Gasteiger partial charge in [-0.05, 0) is 140 Å². The number of hydrogen-bond donors (Lipinski definition) is 7. The van der Waals surface area contributed by atoms with Crippen molar-refractivity contribution >= 4 is 76.1 Å². The number of fused-ring (bicyclic) bond motifs is 2. The van der Waals surface area contributed by atoms with Gasteiger partial charge in [0.1, 0.15) is 35.3 Å². The molecule has 0 spiro atoms. The van der Waals surface area contributed by atoms with Crippen LogP contribution in [0, 0.1) is 11.8 Å². The van der Waals surface area contributed by atoms with Gasteiger partial charge in [0.15, 0.2) is 0 Å². The van der Waals surface area contributed by atoms with Crippen LogP contribution in [0.15, 0.2) is 85.2 Å². The SMILES string of the molecule is CC(C)C[C@@H](NC(=O)C(C)(C)N)C(=O)NC1Cc2cccc(N3CCCC3=O)c2N(Cc2ccccn2)C1=O.CC(C)C[C@@H](NC(=O)C(C)(C)NC(=O)OC(C)(C)C)C(=O)NC1Cc2cccc(N3CCCC3=O)c2N(Cc2ccccn2)C1=O.CCO. The van der Waals surface area contributed by atoms with E-state index in [-0.39, 0.29) is 68.0 Å². The summed E-state index contributed by atoms with van der Waals surface area (Å²) in [5.41, 5.74) is 8.31. The number of nitrogens with one attached hydrogen (secondary N) is 5. The van der Waals surface area contributed by atoms with Crippen molar-refractivity contribution in [3.63, 3.8) is 0 Å². The smallest absolute Gasteiger partial charge is 0.408 e. The van der Waals surface area contributed by atoms with Crippen LogP contribution in [0.5, 0.6) is 0 Å². The zero-order valence-corrected chi connectivity index (χ0v) is 53.0. The molecule has 2 aromatic carbocycles. The van der Waals surface area contributed by atoms with Crippen molar-refractivity contribution in [3.8, 4) is 0 Å². The molecule has 0 radical (unpaired) electrons. The van der Waals surface area contributed by atoms with Crippen LogP contribution in [0.4, 0.5) is 27.5 Å². The zero-order valence-electron chi connectivity index (χ0n) is 53.0. The van der Waals surface area contributed by atoms with Crippen molar-refractivity contribution in [2.75, 3.05) is 39.3 Å². The largest absolute Gasteiger partial charge is 0.444 e. The molecular formula is C65H90N12O11. The highest BCUT2D eigenvalue weighted by Gasteiger charge is 2.42. The number of anilines is 4. The second-order valence-electron chi connectivity index (χ2n) is 25.5. The lowest BCUT2D eigenvalue weighted by molar-refractivity contribution is -0.133. The highest BCUT2D eigenvalue weighted by molar-refractivity contribution is 6.10. The van der Waals surface area contributed by atoms with Crippen LogP contribution >= 0.6 is 0 Å². The first kappa shape index (κ1) is 68.8. The first-order chi connectivity index (χ1) is 41.4. The number of hydrogen-bond acceptors (Lipinski definition) is 14. The van der Waals surface area contributed by atoms with Crippen LogP contribution in [-0.2, 0) is 69.0 Å². The Morgan fingerprint density at radius 1 is 0.625 bits per heavy atom. The van der Waals surface area contributed by atoms with Crippen LogP contribution in [0.2, 0.25) is 0 Å². The van der Waals surface area contributed by atoms with Gasteiger partial charge in [-0.2, -0.15) is 0 Å². The maximum atomic E-state index is 14.2. The van der Waals surface area contributed by atoms with E-state index in [9.17, 15) is 43.2 Å². The van der Waals surface area contributed by atoms with Crippen LogP contribution < -0.4 is 51.9 Å². The first-order valence-corrected chi connectivity index (χ1v) is 30.3. The minimum absolute atomic E-state index is 0.00501. The van der Waals surface area contributed by atoms with Crippen molar-refractivity contribution < 1.29 is 53.0 Å². The fraction of sp³-hybridized carbons (Fsp3) is 0.523. The number of aliphatic hydroxyl groups is 1. The normalized spacial score (nSPS) is 17.4. The number of ether oxygens (including phenoxy) is 1. The third-order valence-corrected chi connectivity index (χ3v) is 14.8. The summed E-state index contributed by atoms with van der Waals surface area (Å²) in [4.78, 5) is 135. The van der Waals surface area contributed by atoms with Crippen molar-refractivity contribution in [3.05, 3.63) is 108 Å². The highest BCUT2D eigenvalue weighted by Crippen LogP contribution is 2.42. The van der Waals surface area contributed by atoms with Crippen LogP contribution in [0.3, 0.4) is 0 Å². The second-order valence-corrected chi connectivity index (χ2v) is 25.5. The van der Waals surface area contributed by atoms with Gasteiger partial charge in [0.05, 0.1) is 52.8 Å². The van der Waals surface area contributed by atoms with Crippen molar-refractivity contribution in [1.29, 1.82) is 0 Å². The van der Waals surface area contributed by atoms with Gasteiger partial charge in [-0.25, -0.2) is 4.79 Å². The molecule has 8 rings (SSSR count). The van der Waals surface area contributed by atoms with E-state index in [1.54, 1.807) is 85.7 Å². The monoisotopic (exact) mass is 1210 g/mol. The molecule has 2 saturated heterocycles. The fourth-order valence-electron chi connectivity index (χ4n) is 10.7. The van der Waals surface area contributed by atoms with Gasteiger partial charge >= 0.3 is 6.09 Å². The summed E-state index contributed by atoms with van der Waals surface area (Å²) in [5, 5.41) is 21.5. The number of nitrogens with two attached hydrogens (primary N) is 1. The Morgan fingerprint density at radius 2 is 1.03 bits per heavy atom. The Kier molecular flexibility index (Phi) is 23.5. The van der Waals surface area contributed by atoms with Gasteiger partial charge in [0.25, 0.3) is 0 Å². The number of aromatic nitrogens is 2. The minimum atomic E-state index is -1.39. The summed E-state index contributed by atoms with van der Waals surface area (Å²) in [6.45, 7) is 22.5. The number of nitrogens with zero attached hydrogens (tertiary/aromatic N) is 6. The lowest BCUT2D eigenvalue weighted by atomic mass is 9.94. The van der Waals surface area contributed by atoms with E-state index in [0.29, 0.717) is 72.9 Å². The molecule has 88 heavy (non-hydrogen) atoms. The summed E-state index contributed by atoms with van der Waals surface area (Å²) in [5.74, 6) is -2.43. The molecule has 2 fully saturated rings. The Balaban J connectivity index is 0.000000272. The van der Waals surface area contributed by atoms with Gasteiger partial charge < -0.3 is 61.8 Å². The van der Waals surface area contributed by atoms with Crippen LogP contribution in [-0.4, -0.2) is 129 Å². The molecule has 0 aliphatic carbocycles. The first-order valence-electron chi connectivity index (χ1n) is 30.3. The summed E-state index contributed by atoms with van der Waals surface area (Å²) in [6, 6.07) is 18.6. The van der Waals surface area contributed by atoms with E-state index >= 15 is 0 Å². The molecular weight excluding hydrogens is 1120 g/mol. The maximum absolute atomic E-state index is 14.2. The average molecular weight is 1220 g/mol. The van der Waals surface area contributed by atoms with Gasteiger partial charge in [-0.3, -0.25) is 48.3 Å². The van der Waals surface area contributed by atoms with E-state index in [0.717, 1.165) is 24.0 Å². The topological polar surface area (TPSA) is 308 Å². The Hall–Kier alpha value is -8.31. The molecule has 4 atom stereocenters. The van der Waals surface area contributed by atoms with Crippen LogP contribution in [0.1, 0.15) is 144 Å². The van der Waals surface area contributed by atoms with Crippen molar-refractivity contribution in [1.82, 2.24) is 36.6 Å². The number of amides is 9. The average Bonchev–Trinajstić information content (AvgIpc) is 1.09. The van der Waals surface area contributed by atoms with Crippen molar-refractivity contribution in [2.45, 2.75) is 188 Å². The number of para-hydroxylation sites is 2. The van der Waals surface area contributed by atoms with Crippen LogP contribution in [0.25, 0.3) is 0 Å². The molecule has 23 nitrogen and oxygen atoms in total. The summed E-state index contributed by atoms with van der Waals surface area (Å²) in [6.07, 6.45) is 6.15. The summed E-state index contributed by atoms with van der Waals surface area (Å²) >= 11 is 0. The molecule has 4 aromatic rings. The molecule has 0 bridgehead atoms. The zero-order chi connectivity index (χ0) is 64.8. The predicted octanol–water partition coefficient (Wildman–Crippen LogP) is 5.67. The molecule has 4 aliphatic heterocycles. The lowest BCUT2D eigenvalue weighted by Crippen LogP contribution is -2.61. The quantitative estimate of drug-likeness (QED) is 0.0596. The predicted molar refractivity (Wildman–Crippen MR) is 335 cm³/mol. The molecule has 2 unspecified atom stereocenters. The van der Waals surface area contributed by atoms with Gasteiger partial charge in [0, 0.05) is 57.8 Å². The molecule has 6 heterocycles. The number of carbonyl (C=O) groups excluding carboxylic acids is 9.